The molecule has 1 rings (SSSR count). The third-order valence-corrected chi connectivity index (χ3v) is 4.58. The van der Waals surface area contributed by atoms with Crippen LogP contribution in [0.2, 0.25) is 0 Å². The fourth-order valence-corrected chi connectivity index (χ4v) is 2.82. The lowest BCUT2D eigenvalue weighted by atomic mass is 9.95. The number of hydrogen-bond acceptors (Lipinski definition) is 2. The lowest BCUT2D eigenvalue weighted by Crippen LogP contribution is -2.49. The molecule has 90 valence electrons. The Morgan fingerprint density at radius 2 is 2.12 bits per heavy atom. The summed E-state index contributed by atoms with van der Waals surface area (Å²) >= 11 is 7.43. The maximum atomic E-state index is 12.1. The highest BCUT2D eigenvalue weighted by molar-refractivity contribution is 7.12. The first kappa shape index (κ1) is 13.5. The van der Waals surface area contributed by atoms with E-state index in [0.29, 0.717) is 5.88 Å². The van der Waals surface area contributed by atoms with Crippen molar-refractivity contribution in [1.29, 1.82) is 0 Å². The summed E-state index contributed by atoms with van der Waals surface area (Å²) in [6.07, 6.45) is 1.70. The second-order valence-electron chi connectivity index (χ2n) is 4.01. The number of nitrogens with one attached hydrogen (secondary N) is 1. The van der Waals surface area contributed by atoms with Crippen molar-refractivity contribution in [2.24, 2.45) is 0 Å². The molecule has 1 N–H and O–H groups in total. The molecule has 0 spiro atoms. The number of amides is 1. The molecule has 0 atom stereocenters. The molecule has 0 saturated heterocycles. The third kappa shape index (κ3) is 2.77. The Morgan fingerprint density at radius 3 is 2.50 bits per heavy atom. The molecule has 0 aliphatic rings. The van der Waals surface area contributed by atoms with E-state index in [0.717, 1.165) is 23.3 Å². The van der Waals surface area contributed by atoms with Crippen molar-refractivity contribution in [3.63, 3.8) is 0 Å². The Labute approximate surface area is 106 Å². The van der Waals surface area contributed by atoms with Crippen molar-refractivity contribution in [3.05, 3.63) is 21.9 Å². The normalized spacial score (nSPS) is 11.5. The van der Waals surface area contributed by atoms with Crippen LogP contribution >= 0.6 is 22.9 Å². The minimum atomic E-state index is -0.269. The van der Waals surface area contributed by atoms with Gasteiger partial charge in [0.25, 0.3) is 5.91 Å². The average Bonchev–Trinajstić information content (AvgIpc) is 2.72. The molecule has 0 unspecified atom stereocenters. The van der Waals surface area contributed by atoms with Gasteiger partial charge >= 0.3 is 0 Å². The van der Waals surface area contributed by atoms with Crippen LogP contribution in [0.1, 0.15) is 41.9 Å². The number of halogens is 1. The number of aryl methyl sites for hydroxylation is 1. The first-order valence-electron chi connectivity index (χ1n) is 5.51. The van der Waals surface area contributed by atoms with Crippen molar-refractivity contribution in [2.75, 3.05) is 5.88 Å². The van der Waals surface area contributed by atoms with Gasteiger partial charge in [-0.1, -0.05) is 13.8 Å². The van der Waals surface area contributed by atoms with E-state index in [2.05, 4.69) is 5.32 Å². The van der Waals surface area contributed by atoms with Gasteiger partial charge in [0.15, 0.2) is 0 Å². The average molecular weight is 260 g/mol. The Morgan fingerprint density at radius 1 is 1.50 bits per heavy atom. The summed E-state index contributed by atoms with van der Waals surface area (Å²) in [6, 6.07) is 1.96. The van der Waals surface area contributed by atoms with Gasteiger partial charge in [-0.3, -0.25) is 4.79 Å². The van der Waals surface area contributed by atoms with Gasteiger partial charge in [0.1, 0.15) is 0 Å². The molecular weight excluding hydrogens is 242 g/mol. The largest absolute Gasteiger partial charge is 0.345 e. The molecule has 0 fully saturated rings. The van der Waals surface area contributed by atoms with E-state index < -0.39 is 0 Å². The summed E-state index contributed by atoms with van der Waals surface area (Å²) < 4.78 is 0. The van der Waals surface area contributed by atoms with Crippen LogP contribution in [0.4, 0.5) is 0 Å². The Kier molecular flexibility index (Phi) is 4.81. The molecule has 1 aromatic heterocycles. The number of alkyl halides is 1. The summed E-state index contributed by atoms with van der Waals surface area (Å²) in [5, 5.41) is 5.00. The van der Waals surface area contributed by atoms with E-state index in [9.17, 15) is 4.79 Å². The summed E-state index contributed by atoms with van der Waals surface area (Å²) in [5.41, 5.74) is 0.757. The fourth-order valence-electron chi connectivity index (χ4n) is 1.55. The van der Waals surface area contributed by atoms with Crippen LogP contribution in [0.15, 0.2) is 11.4 Å². The quantitative estimate of drug-likeness (QED) is 0.805. The Hall–Kier alpha value is -0.540. The van der Waals surface area contributed by atoms with Crippen LogP contribution in [0.3, 0.4) is 0 Å². The van der Waals surface area contributed by atoms with Crippen molar-refractivity contribution < 1.29 is 4.79 Å². The van der Waals surface area contributed by atoms with E-state index in [-0.39, 0.29) is 11.4 Å². The van der Waals surface area contributed by atoms with Crippen molar-refractivity contribution in [3.8, 4) is 0 Å². The molecule has 0 aromatic carbocycles. The highest BCUT2D eigenvalue weighted by atomic mass is 35.5. The van der Waals surface area contributed by atoms with Crippen LogP contribution in [0, 0.1) is 6.92 Å². The minimum absolute atomic E-state index is 0.00292. The highest BCUT2D eigenvalue weighted by Gasteiger charge is 2.28. The van der Waals surface area contributed by atoms with Crippen LogP contribution in [-0.4, -0.2) is 17.3 Å². The smallest absolute Gasteiger partial charge is 0.262 e. The molecule has 1 amide bonds. The molecule has 16 heavy (non-hydrogen) atoms. The van der Waals surface area contributed by atoms with Gasteiger partial charge < -0.3 is 5.32 Å². The van der Waals surface area contributed by atoms with Gasteiger partial charge in [0.2, 0.25) is 0 Å². The summed E-state index contributed by atoms with van der Waals surface area (Å²) in [7, 11) is 0. The maximum Gasteiger partial charge on any atom is 0.262 e. The molecule has 4 heteroatoms. The SMILES string of the molecule is CCC(CC)(CCl)NC(=O)c1sccc1C. The minimum Gasteiger partial charge on any atom is -0.345 e. The molecule has 0 aliphatic carbocycles. The number of rotatable bonds is 5. The van der Waals surface area contributed by atoms with Crippen LogP contribution in [0.25, 0.3) is 0 Å². The van der Waals surface area contributed by atoms with Gasteiger partial charge in [-0.15, -0.1) is 22.9 Å². The van der Waals surface area contributed by atoms with Gasteiger partial charge in [-0.2, -0.15) is 0 Å². The molecule has 1 heterocycles. The zero-order valence-electron chi connectivity index (χ0n) is 9.97. The standard InChI is InChI=1S/C12H18ClNOS/c1-4-12(5-2,8-13)14-11(15)10-9(3)6-7-16-10/h6-7H,4-5,8H2,1-3H3,(H,14,15). The predicted octanol–water partition coefficient (Wildman–Crippen LogP) is 3.58. The Bertz CT molecular complexity index is 349. The topological polar surface area (TPSA) is 29.1 Å². The van der Waals surface area contributed by atoms with Crippen molar-refractivity contribution >= 4 is 28.8 Å². The zero-order chi connectivity index (χ0) is 12.2. The second-order valence-corrected chi connectivity index (χ2v) is 5.19. The van der Waals surface area contributed by atoms with Gasteiger partial charge in [0.05, 0.1) is 10.4 Å². The molecular formula is C12H18ClNOS. The lowest BCUT2D eigenvalue weighted by Gasteiger charge is -2.30. The second kappa shape index (κ2) is 5.69. The van der Waals surface area contributed by atoms with E-state index in [1.165, 1.54) is 11.3 Å². The Balaban J connectivity index is 2.81. The van der Waals surface area contributed by atoms with Crippen LogP contribution in [-0.2, 0) is 0 Å². The van der Waals surface area contributed by atoms with Gasteiger partial charge in [-0.25, -0.2) is 0 Å². The molecule has 2 nitrogen and oxygen atoms in total. The molecule has 0 bridgehead atoms. The monoisotopic (exact) mass is 259 g/mol. The highest BCUT2D eigenvalue weighted by Crippen LogP contribution is 2.21. The van der Waals surface area contributed by atoms with E-state index in [1.54, 1.807) is 0 Å². The number of carbonyl (C=O) groups is 1. The van der Waals surface area contributed by atoms with Gasteiger partial charge in [0, 0.05) is 5.88 Å². The summed E-state index contributed by atoms with van der Waals surface area (Å²) in [6.45, 7) is 6.05. The summed E-state index contributed by atoms with van der Waals surface area (Å²) in [5.74, 6) is 0.452. The van der Waals surface area contributed by atoms with E-state index in [1.807, 2.05) is 32.2 Å². The fraction of sp³-hybridized carbons (Fsp3) is 0.583. The first-order chi connectivity index (χ1) is 7.58. The molecule has 0 aliphatic heterocycles. The van der Waals surface area contributed by atoms with Crippen LogP contribution in [0.5, 0.6) is 0 Å². The molecule has 1 aromatic rings. The van der Waals surface area contributed by atoms with Crippen LogP contribution < -0.4 is 5.32 Å². The zero-order valence-corrected chi connectivity index (χ0v) is 11.5. The van der Waals surface area contributed by atoms with Crippen molar-refractivity contribution in [2.45, 2.75) is 39.2 Å². The van der Waals surface area contributed by atoms with Gasteiger partial charge in [-0.05, 0) is 36.8 Å². The summed E-state index contributed by atoms with van der Waals surface area (Å²) in [4.78, 5) is 12.8. The third-order valence-electron chi connectivity index (χ3n) is 3.06. The van der Waals surface area contributed by atoms with E-state index >= 15 is 0 Å². The predicted molar refractivity (Wildman–Crippen MR) is 70.6 cm³/mol. The number of thiophene rings is 1. The molecule has 0 saturated carbocycles. The lowest BCUT2D eigenvalue weighted by molar-refractivity contribution is 0.0906. The first-order valence-corrected chi connectivity index (χ1v) is 6.92. The van der Waals surface area contributed by atoms with E-state index in [4.69, 9.17) is 11.6 Å². The number of carbonyl (C=O) groups excluding carboxylic acids is 1. The molecule has 0 radical (unpaired) electrons. The maximum absolute atomic E-state index is 12.1. The number of hydrogen-bond donors (Lipinski definition) is 1. The van der Waals surface area contributed by atoms with Crippen molar-refractivity contribution in [1.82, 2.24) is 5.32 Å².